The van der Waals surface area contributed by atoms with Crippen LogP contribution >= 0.6 is 0 Å². The molecule has 0 radical (unpaired) electrons. The monoisotopic (exact) mass is 293 g/mol. The van der Waals surface area contributed by atoms with E-state index in [2.05, 4.69) is 5.16 Å². The summed E-state index contributed by atoms with van der Waals surface area (Å²) >= 11 is 0. The van der Waals surface area contributed by atoms with Gasteiger partial charge in [-0.05, 0) is 25.7 Å². The average molecular weight is 293 g/mol. The molecule has 7 nitrogen and oxygen atoms in total. The zero-order valence-electron chi connectivity index (χ0n) is 11.8. The van der Waals surface area contributed by atoms with Gasteiger partial charge in [0.1, 0.15) is 6.54 Å². The van der Waals surface area contributed by atoms with Crippen molar-refractivity contribution in [3.63, 3.8) is 0 Å². The number of hydrogen-bond donors (Lipinski definition) is 1. The highest BCUT2D eigenvalue weighted by molar-refractivity contribution is 6.09. The SMILES string of the molecule is O=C(CN1C(=O)[C@H]2CC/C(=N\O)C[C@H]2C1=O)N1CCCC1. The first-order valence-electron chi connectivity index (χ1n) is 7.44. The minimum absolute atomic E-state index is 0.143. The molecule has 0 spiro atoms. The maximum absolute atomic E-state index is 12.4. The average Bonchev–Trinajstić information content (AvgIpc) is 3.11. The van der Waals surface area contributed by atoms with E-state index in [1.165, 1.54) is 0 Å². The number of amides is 3. The lowest BCUT2D eigenvalue weighted by molar-refractivity contribution is -0.146. The van der Waals surface area contributed by atoms with E-state index in [9.17, 15) is 14.4 Å². The molecule has 3 rings (SSSR count). The number of rotatable bonds is 2. The van der Waals surface area contributed by atoms with Crippen LogP contribution in [-0.2, 0) is 14.4 Å². The van der Waals surface area contributed by atoms with E-state index in [0.29, 0.717) is 38.1 Å². The number of likely N-dealkylation sites (tertiary alicyclic amines) is 2. The van der Waals surface area contributed by atoms with E-state index in [0.717, 1.165) is 17.7 Å². The molecule has 2 saturated heterocycles. The summed E-state index contributed by atoms with van der Waals surface area (Å²) in [5.74, 6) is -1.49. The summed E-state index contributed by atoms with van der Waals surface area (Å²) in [7, 11) is 0. The van der Waals surface area contributed by atoms with Crippen LogP contribution in [0.4, 0.5) is 0 Å². The summed E-state index contributed by atoms with van der Waals surface area (Å²) in [6, 6.07) is 0. The van der Waals surface area contributed by atoms with Crippen LogP contribution in [0.5, 0.6) is 0 Å². The lowest BCUT2D eigenvalue weighted by atomic mass is 9.80. The van der Waals surface area contributed by atoms with Crippen molar-refractivity contribution in [3.05, 3.63) is 0 Å². The fraction of sp³-hybridized carbons (Fsp3) is 0.714. The van der Waals surface area contributed by atoms with Crippen LogP contribution in [0.2, 0.25) is 0 Å². The molecular formula is C14H19N3O4. The molecule has 3 fully saturated rings. The maximum Gasteiger partial charge on any atom is 0.242 e. The number of nitrogens with zero attached hydrogens (tertiary/aromatic N) is 3. The molecule has 0 aromatic rings. The number of imide groups is 1. The van der Waals surface area contributed by atoms with E-state index in [1.54, 1.807) is 4.90 Å². The number of oxime groups is 1. The van der Waals surface area contributed by atoms with Gasteiger partial charge in [-0.25, -0.2) is 0 Å². The summed E-state index contributed by atoms with van der Waals surface area (Å²) in [4.78, 5) is 39.6. The Bertz CT molecular complexity index is 510. The smallest absolute Gasteiger partial charge is 0.242 e. The molecule has 21 heavy (non-hydrogen) atoms. The molecule has 0 bridgehead atoms. The molecule has 0 aromatic carbocycles. The van der Waals surface area contributed by atoms with Crippen molar-refractivity contribution in [1.29, 1.82) is 0 Å². The zero-order chi connectivity index (χ0) is 15.0. The van der Waals surface area contributed by atoms with Gasteiger partial charge in [0, 0.05) is 19.5 Å². The Kier molecular flexibility index (Phi) is 3.65. The molecule has 1 aliphatic carbocycles. The minimum Gasteiger partial charge on any atom is -0.411 e. The second kappa shape index (κ2) is 5.46. The number of carbonyl (C=O) groups excluding carboxylic acids is 3. The van der Waals surface area contributed by atoms with Crippen molar-refractivity contribution >= 4 is 23.4 Å². The van der Waals surface area contributed by atoms with E-state index in [-0.39, 0.29) is 30.2 Å². The Morgan fingerprint density at radius 3 is 2.52 bits per heavy atom. The van der Waals surface area contributed by atoms with Gasteiger partial charge in [0.05, 0.1) is 17.5 Å². The van der Waals surface area contributed by atoms with Crippen molar-refractivity contribution in [2.24, 2.45) is 17.0 Å². The topological polar surface area (TPSA) is 90.3 Å². The fourth-order valence-corrected chi connectivity index (χ4v) is 3.53. The Hall–Kier alpha value is -1.92. The highest BCUT2D eigenvalue weighted by Crippen LogP contribution is 2.37. The molecule has 1 saturated carbocycles. The Morgan fingerprint density at radius 1 is 1.19 bits per heavy atom. The van der Waals surface area contributed by atoms with Gasteiger partial charge in [0.25, 0.3) is 0 Å². The highest BCUT2D eigenvalue weighted by atomic mass is 16.4. The van der Waals surface area contributed by atoms with Gasteiger partial charge in [0.2, 0.25) is 17.7 Å². The van der Waals surface area contributed by atoms with Crippen molar-refractivity contribution in [2.45, 2.75) is 32.1 Å². The normalized spacial score (nSPS) is 31.1. The number of hydrogen-bond acceptors (Lipinski definition) is 5. The molecule has 2 heterocycles. The van der Waals surface area contributed by atoms with E-state index in [4.69, 9.17) is 5.21 Å². The third-order valence-electron chi connectivity index (χ3n) is 4.75. The molecule has 1 N–H and O–H groups in total. The standard InChI is InChI=1S/C14H19N3O4/c18-12(16-5-1-2-6-16)8-17-13(19)10-4-3-9(15-21)7-11(10)14(17)20/h10-11,21H,1-8H2/b15-9+/t10-,11+/m0/s1. The largest absolute Gasteiger partial charge is 0.411 e. The van der Waals surface area contributed by atoms with Crippen LogP contribution in [0.1, 0.15) is 32.1 Å². The molecule has 7 heteroatoms. The molecule has 3 aliphatic rings. The predicted octanol–water partition coefficient (Wildman–Crippen LogP) is 0.224. The molecule has 2 atom stereocenters. The summed E-state index contributed by atoms with van der Waals surface area (Å²) < 4.78 is 0. The molecule has 2 aliphatic heterocycles. The van der Waals surface area contributed by atoms with Gasteiger partial charge in [0.15, 0.2) is 0 Å². The van der Waals surface area contributed by atoms with Crippen molar-refractivity contribution in [2.75, 3.05) is 19.6 Å². The highest BCUT2D eigenvalue weighted by Gasteiger charge is 2.50. The summed E-state index contributed by atoms with van der Waals surface area (Å²) in [5.41, 5.74) is 0.560. The zero-order valence-corrected chi connectivity index (χ0v) is 11.8. The first kappa shape index (κ1) is 14.0. The van der Waals surface area contributed by atoms with Crippen LogP contribution < -0.4 is 0 Å². The summed E-state index contributed by atoms with van der Waals surface area (Å²) in [6.45, 7) is 1.28. The lowest BCUT2D eigenvalue weighted by Crippen LogP contribution is -2.42. The molecule has 114 valence electrons. The van der Waals surface area contributed by atoms with Gasteiger partial charge in [-0.2, -0.15) is 0 Å². The van der Waals surface area contributed by atoms with Gasteiger partial charge >= 0.3 is 0 Å². The number of fused-ring (bicyclic) bond motifs is 1. The fourth-order valence-electron chi connectivity index (χ4n) is 3.53. The molecule has 3 amide bonds. The van der Waals surface area contributed by atoms with E-state index in [1.807, 2.05) is 0 Å². The van der Waals surface area contributed by atoms with E-state index < -0.39 is 5.92 Å². The molecular weight excluding hydrogens is 274 g/mol. The van der Waals surface area contributed by atoms with Gasteiger partial charge < -0.3 is 10.1 Å². The number of carbonyl (C=O) groups is 3. The summed E-state index contributed by atoms with van der Waals surface area (Å²) in [5, 5.41) is 12.0. The van der Waals surface area contributed by atoms with E-state index >= 15 is 0 Å². The second-order valence-electron chi connectivity index (χ2n) is 5.97. The first-order valence-corrected chi connectivity index (χ1v) is 7.44. The lowest BCUT2D eigenvalue weighted by Gasteiger charge is -2.20. The van der Waals surface area contributed by atoms with Crippen LogP contribution in [0.3, 0.4) is 0 Å². The third kappa shape index (κ3) is 2.41. The Morgan fingerprint density at radius 2 is 1.86 bits per heavy atom. The van der Waals surface area contributed by atoms with Crippen LogP contribution in [0.15, 0.2) is 5.16 Å². The predicted molar refractivity (Wildman–Crippen MR) is 72.6 cm³/mol. The van der Waals surface area contributed by atoms with Crippen molar-refractivity contribution < 1.29 is 19.6 Å². The minimum atomic E-state index is -0.455. The third-order valence-corrected chi connectivity index (χ3v) is 4.75. The first-order chi connectivity index (χ1) is 10.1. The summed E-state index contributed by atoms with van der Waals surface area (Å²) in [6.07, 6.45) is 3.33. The molecule has 0 unspecified atom stereocenters. The van der Waals surface area contributed by atoms with Crippen molar-refractivity contribution in [1.82, 2.24) is 9.80 Å². The van der Waals surface area contributed by atoms with Crippen molar-refractivity contribution in [3.8, 4) is 0 Å². The van der Waals surface area contributed by atoms with Crippen LogP contribution in [-0.4, -0.2) is 58.1 Å². The van der Waals surface area contributed by atoms with Gasteiger partial charge in [-0.1, -0.05) is 5.16 Å². The molecule has 0 aromatic heterocycles. The van der Waals surface area contributed by atoms with Crippen LogP contribution in [0.25, 0.3) is 0 Å². The Labute approximate surface area is 122 Å². The van der Waals surface area contributed by atoms with Crippen LogP contribution in [0, 0.1) is 11.8 Å². The van der Waals surface area contributed by atoms with Gasteiger partial charge in [-0.15, -0.1) is 0 Å². The Balaban J connectivity index is 1.70. The maximum atomic E-state index is 12.4. The van der Waals surface area contributed by atoms with Gasteiger partial charge in [-0.3, -0.25) is 19.3 Å². The quantitative estimate of drug-likeness (QED) is 0.448. The second-order valence-corrected chi connectivity index (χ2v) is 5.97.